The first-order valence-corrected chi connectivity index (χ1v) is 15.9. The lowest BCUT2D eigenvalue weighted by molar-refractivity contribution is -0.389. The minimum atomic E-state index is -0.667. The lowest BCUT2D eigenvalue weighted by Crippen LogP contribution is -2.41. The number of aromatic amines is 1. The number of thiol groups is 1. The Morgan fingerprint density at radius 3 is 1.49 bits per heavy atom. The molecule has 20 heteroatoms. The second kappa shape index (κ2) is 30.4. The molecule has 0 fully saturated rings. The van der Waals surface area contributed by atoms with Gasteiger partial charge in [-0.15, -0.1) is 5.10 Å². The van der Waals surface area contributed by atoms with Crippen molar-refractivity contribution in [3.63, 3.8) is 0 Å². The Morgan fingerprint density at radius 1 is 0.681 bits per heavy atom. The number of nitrogens with one attached hydrogen (secondary N) is 4. The zero-order chi connectivity index (χ0) is 34.2. The first kappa shape index (κ1) is 42.1. The van der Waals surface area contributed by atoms with Crippen molar-refractivity contribution in [3.8, 4) is 0 Å². The van der Waals surface area contributed by atoms with Gasteiger partial charge >= 0.3 is 5.82 Å². The summed E-state index contributed by atoms with van der Waals surface area (Å²) in [5.74, 6) is -0.855. The average molecular weight is 697 g/mol. The number of ether oxygens (including phenoxy) is 8. The highest BCUT2D eigenvalue weighted by molar-refractivity contribution is 7.80. The van der Waals surface area contributed by atoms with Gasteiger partial charge in [0.15, 0.2) is 5.69 Å². The molecule has 1 rings (SSSR count). The van der Waals surface area contributed by atoms with Gasteiger partial charge in [0, 0.05) is 13.0 Å². The third-order valence-electron chi connectivity index (χ3n) is 5.51. The minimum Gasteiger partial charge on any atom is -0.379 e. The molecule has 0 radical (unpaired) electrons. The second-order valence-electron chi connectivity index (χ2n) is 9.22. The van der Waals surface area contributed by atoms with Gasteiger partial charge in [0.25, 0.3) is 5.91 Å². The van der Waals surface area contributed by atoms with Crippen molar-refractivity contribution in [3.05, 3.63) is 21.9 Å². The van der Waals surface area contributed by atoms with Gasteiger partial charge in [0.1, 0.15) is 0 Å². The van der Waals surface area contributed by atoms with E-state index in [0.29, 0.717) is 111 Å². The number of carbonyl (C=O) groups is 3. The summed E-state index contributed by atoms with van der Waals surface area (Å²) < 4.78 is 43.1. The standard InChI is InChI=1S/C27H48N6O13S/c34-25(2-1-21-47)31-32-26(35)3-5-39-7-9-41-11-13-43-15-17-45-19-20-46-18-16-44-14-12-42-10-8-40-6-4-28-27(36)23-22-24(30-29-23)33(37)38/h22,47H,1-21H2,(H,28,36)(H,29,30)(H,31,34)(H,32,35). The largest absolute Gasteiger partial charge is 0.379 e. The summed E-state index contributed by atoms with van der Waals surface area (Å²) in [6.45, 7) is 6.42. The maximum Gasteiger partial charge on any atom is 0.343 e. The molecule has 0 unspecified atom stereocenters. The first-order chi connectivity index (χ1) is 22.9. The van der Waals surface area contributed by atoms with Gasteiger partial charge in [-0.1, -0.05) is 5.10 Å². The van der Waals surface area contributed by atoms with Gasteiger partial charge in [0.05, 0.1) is 118 Å². The number of hydrogen-bond acceptors (Lipinski definition) is 15. The maximum atomic E-state index is 11.8. The fourth-order valence-corrected chi connectivity index (χ4v) is 3.32. The van der Waals surface area contributed by atoms with Gasteiger partial charge in [0.2, 0.25) is 11.8 Å². The third-order valence-corrected chi connectivity index (χ3v) is 5.82. The molecular formula is C27H48N6O13S. The molecule has 0 saturated heterocycles. The fourth-order valence-electron chi connectivity index (χ4n) is 3.16. The van der Waals surface area contributed by atoms with Gasteiger partial charge in [-0.3, -0.25) is 25.2 Å². The smallest absolute Gasteiger partial charge is 0.343 e. The van der Waals surface area contributed by atoms with Crippen LogP contribution in [0.3, 0.4) is 0 Å². The quantitative estimate of drug-likeness (QED) is 0.0275. The summed E-state index contributed by atoms with van der Waals surface area (Å²) in [5.41, 5.74) is 4.60. The van der Waals surface area contributed by atoms with E-state index in [0.717, 1.165) is 6.07 Å². The molecule has 3 amide bonds. The number of nitrogens with zero attached hydrogens (tertiary/aromatic N) is 2. The van der Waals surface area contributed by atoms with Crippen molar-refractivity contribution in [1.29, 1.82) is 0 Å². The number of carbonyl (C=O) groups excluding carboxylic acids is 3. The Kier molecular flexibility index (Phi) is 27.2. The normalized spacial score (nSPS) is 11.0. The summed E-state index contributed by atoms with van der Waals surface area (Å²) in [6.07, 6.45) is 1.09. The number of nitro groups is 1. The predicted octanol–water partition coefficient (Wildman–Crippen LogP) is -0.572. The Labute approximate surface area is 278 Å². The third kappa shape index (κ3) is 25.8. The van der Waals surface area contributed by atoms with Crippen molar-refractivity contribution in [2.24, 2.45) is 0 Å². The zero-order valence-electron chi connectivity index (χ0n) is 26.6. The minimum absolute atomic E-state index is 0.0661. The molecule has 0 aromatic carbocycles. The van der Waals surface area contributed by atoms with E-state index in [9.17, 15) is 24.5 Å². The van der Waals surface area contributed by atoms with E-state index in [1.54, 1.807) is 0 Å². The molecule has 0 atom stereocenters. The molecule has 0 aliphatic rings. The fraction of sp³-hybridized carbons (Fsp3) is 0.778. The number of hydrogen-bond donors (Lipinski definition) is 5. The molecule has 1 aromatic heterocycles. The van der Waals surface area contributed by atoms with E-state index < -0.39 is 10.8 Å². The predicted molar refractivity (Wildman–Crippen MR) is 168 cm³/mol. The number of hydrazine groups is 1. The summed E-state index contributed by atoms with van der Waals surface area (Å²) in [6, 6.07) is 1.06. The van der Waals surface area contributed by atoms with Crippen LogP contribution in [0.2, 0.25) is 0 Å². The molecule has 0 spiro atoms. The monoisotopic (exact) mass is 696 g/mol. The molecule has 1 heterocycles. The zero-order valence-corrected chi connectivity index (χ0v) is 27.5. The molecule has 0 bridgehead atoms. The summed E-state index contributed by atoms with van der Waals surface area (Å²) >= 11 is 4.02. The number of rotatable bonds is 32. The maximum absolute atomic E-state index is 11.8. The lowest BCUT2D eigenvalue weighted by Gasteiger charge is -2.09. The van der Waals surface area contributed by atoms with Crippen LogP contribution >= 0.6 is 12.6 Å². The van der Waals surface area contributed by atoms with E-state index in [1.807, 2.05) is 0 Å². The summed E-state index contributed by atoms with van der Waals surface area (Å²) in [7, 11) is 0. The van der Waals surface area contributed by atoms with Crippen LogP contribution < -0.4 is 16.2 Å². The second-order valence-corrected chi connectivity index (χ2v) is 9.67. The van der Waals surface area contributed by atoms with Gasteiger partial charge in [-0.25, -0.2) is 0 Å². The van der Waals surface area contributed by atoms with Gasteiger partial charge in [-0.05, 0) is 17.1 Å². The van der Waals surface area contributed by atoms with E-state index in [1.165, 1.54) is 0 Å². The Hall–Kier alpha value is -2.95. The average Bonchev–Trinajstić information content (AvgIpc) is 3.57. The molecule has 0 saturated carbocycles. The van der Waals surface area contributed by atoms with Crippen molar-refractivity contribution < 1.29 is 57.2 Å². The van der Waals surface area contributed by atoms with Crippen molar-refractivity contribution in [2.45, 2.75) is 19.3 Å². The molecule has 19 nitrogen and oxygen atoms in total. The Balaban J connectivity index is 1.71. The number of H-pyrrole nitrogens is 1. The highest BCUT2D eigenvalue weighted by Gasteiger charge is 2.15. The Bertz CT molecular complexity index is 975. The summed E-state index contributed by atoms with van der Waals surface area (Å²) in [4.78, 5) is 44.7. The van der Waals surface area contributed by atoms with Crippen LogP contribution in [-0.4, -0.2) is 151 Å². The highest BCUT2D eigenvalue weighted by Crippen LogP contribution is 2.07. The van der Waals surface area contributed by atoms with Crippen LogP contribution in [0.4, 0.5) is 5.82 Å². The highest BCUT2D eigenvalue weighted by atomic mass is 32.1. The Morgan fingerprint density at radius 2 is 1.09 bits per heavy atom. The molecule has 1 aromatic rings. The topological polar surface area (TPSA) is 233 Å². The van der Waals surface area contributed by atoms with E-state index in [-0.39, 0.29) is 49.5 Å². The van der Waals surface area contributed by atoms with Crippen LogP contribution in [0, 0.1) is 10.1 Å². The summed E-state index contributed by atoms with van der Waals surface area (Å²) in [5, 5.41) is 18.9. The van der Waals surface area contributed by atoms with Crippen LogP contribution in [0.1, 0.15) is 29.8 Å². The van der Waals surface area contributed by atoms with Crippen molar-refractivity contribution in [2.75, 3.05) is 118 Å². The van der Waals surface area contributed by atoms with Crippen molar-refractivity contribution >= 4 is 36.2 Å². The van der Waals surface area contributed by atoms with Gasteiger partial charge < -0.3 is 53.3 Å². The van der Waals surface area contributed by atoms with E-state index in [2.05, 4.69) is 39.0 Å². The molecule has 47 heavy (non-hydrogen) atoms. The van der Waals surface area contributed by atoms with Crippen LogP contribution in [0.25, 0.3) is 0 Å². The van der Waals surface area contributed by atoms with E-state index >= 15 is 0 Å². The number of amides is 3. The van der Waals surface area contributed by atoms with E-state index in [4.69, 9.17) is 37.9 Å². The SMILES string of the molecule is O=C(CCCS)NNC(=O)CCOCCOCCOCCOCCOCCOCCOCCOCCNC(=O)c1cc([N+](=O)[O-])[nH]n1. The lowest BCUT2D eigenvalue weighted by atomic mass is 10.3. The van der Waals surface area contributed by atoms with Gasteiger partial charge in [-0.2, -0.15) is 12.6 Å². The molecular weight excluding hydrogens is 648 g/mol. The number of aromatic nitrogens is 2. The van der Waals surface area contributed by atoms with Crippen LogP contribution in [0.5, 0.6) is 0 Å². The van der Waals surface area contributed by atoms with Crippen LogP contribution in [-0.2, 0) is 47.5 Å². The molecule has 0 aliphatic heterocycles. The first-order valence-electron chi connectivity index (χ1n) is 15.2. The van der Waals surface area contributed by atoms with Crippen molar-refractivity contribution in [1.82, 2.24) is 26.4 Å². The molecule has 4 N–H and O–H groups in total. The van der Waals surface area contributed by atoms with Crippen LogP contribution in [0.15, 0.2) is 6.07 Å². The molecule has 270 valence electrons. The molecule has 0 aliphatic carbocycles.